The zero-order valence-corrected chi connectivity index (χ0v) is 15.5. The molecule has 0 spiro atoms. The number of esters is 1. The predicted molar refractivity (Wildman–Crippen MR) is 69.4 cm³/mol. The summed E-state index contributed by atoms with van der Waals surface area (Å²) in [5, 5.41) is 0. The zero-order valence-electron chi connectivity index (χ0n) is 15.5. The van der Waals surface area contributed by atoms with E-state index in [0.717, 1.165) is 0 Å². The highest BCUT2D eigenvalue weighted by molar-refractivity contribution is 5.86. The summed E-state index contributed by atoms with van der Waals surface area (Å²) in [5.74, 6) is -25.9. The summed E-state index contributed by atoms with van der Waals surface area (Å²) in [7, 11) is 0. The van der Waals surface area contributed by atoms with E-state index in [0.29, 0.717) is 6.92 Å². The SMILES string of the molecule is C=C(C)C(=O)OCC(F)(F)C(F)(F)N(C(F)(F)C(F)(F)C(F)(F)F)C(F)(F)C(F)(F)C(F)(F)F. The molecule has 0 saturated carbocycles. The van der Waals surface area contributed by atoms with E-state index in [1.165, 1.54) is 0 Å². The molecular formula is C13H7F18NO2. The fourth-order valence-electron chi connectivity index (χ4n) is 1.68. The van der Waals surface area contributed by atoms with Crippen molar-refractivity contribution in [2.24, 2.45) is 0 Å². The lowest BCUT2D eigenvalue weighted by Gasteiger charge is -2.47. The molecule has 0 amide bonds. The van der Waals surface area contributed by atoms with Crippen molar-refractivity contribution < 1.29 is 88.6 Å². The van der Waals surface area contributed by atoms with E-state index >= 15 is 0 Å². The maximum absolute atomic E-state index is 13.9. The third kappa shape index (κ3) is 4.97. The molecule has 0 aromatic rings. The van der Waals surface area contributed by atoms with Gasteiger partial charge in [0.1, 0.15) is 0 Å². The number of halogens is 18. The van der Waals surface area contributed by atoms with Crippen LogP contribution in [0.25, 0.3) is 0 Å². The van der Waals surface area contributed by atoms with Crippen LogP contribution in [-0.4, -0.2) is 65.7 Å². The number of rotatable bonds is 9. The smallest absolute Gasteiger partial charge is 0.456 e. The van der Waals surface area contributed by atoms with E-state index in [1.54, 1.807) is 0 Å². The second-order valence-corrected chi connectivity index (χ2v) is 6.16. The topological polar surface area (TPSA) is 29.5 Å². The summed E-state index contributed by atoms with van der Waals surface area (Å²) in [6.45, 7) is -0.240. The normalized spacial score (nSPS) is 15.5. The van der Waals surface area contributed by atoms with Gasteiger partial charge in [-0.05, 0) is 6.92 Å². The Hall–Kier alpha value is -2.09. The predicted octanol–water partition coefficient (Wildman–Crippen LogP) is 6.22. The molecule has 202 valence electrons. The highest BCUT2D eigenvalue weighted by Crippen LogP contribution is 2.60. The van der Waals surface area contributed by atoms with Gasteiger partial charge in [-0.2, -0.15) is 79.0 Å². The Morgan fingerprint density at radius 1 is 0.647 bits per heavy atom. The number of ether oxygens (including phenoxy) is 1. The van der Waals surface area contributed by atoms with Gasteiger partial charge in [-0.3, -0.25) is 0 Å². The highest BCUT2D eigenvalue weighted by atomic mass is 19.4. The number of hydrogen-bond donors (Lipinski definition) is 0. The molecule has 0 aromatic heterocycles. The van der Waals surface area contributed by atoms with Gasteiger partial charge in [0.15, 0.2) is 6.61 Å². The van der Waals surface area contributed by atoms with E-state index in [1.807, 2.05) is 0 Å². The molecule has 0 aliphatic carbocycles. The van der Waals surface area contributed by atoms with E-state index in [2.05, 4.69) is 11.3 Å². The van der Waals surface area contributed by atoms with E-state index in [9.17, 15) is 83.8 Å². The van der Waals surface area contributed by atoms with E-state index in [-0.39, 0.29) is 0 Å². The third-order valence-electron chi connectivity index (χ3n) is 3.48. The number of alkyl halides is 18. The summed E-state index contributed by atoms with van der Waals surface area (Å²) in [5.41, 5.74) is -0.973. The fourth-order valence-corrected chi connectivity index (χ4v) is 1.68. The molecule has 0 saturated heterocycles. The molecule has 0 aromatic carbocycles. The molecule has 0 aliphatic heterocycles. The highest BCUT2D eigenvalue weighted by Gasteiger charge is 2.90. The Kier molecular flexibility index (Phi) is 8.01. The van der Waals surface area contributed by atoms with Crippen LogP contribution < -0.4 is 0 Å². The van der Waals surface area contributed by atoms with E-state index < -0.39 is 71.3 Å². The first-order chi connectivity index (χ1) is 14.4. The van der Waals surface area contributed by atoms with Crippen molar-refractivity contribution >= 4 is 5.97 Å². The molecule has 0 heterocycles. The average Bonchev–Trinajstić information content (AvgIpc) is 2.56. The van der Waals surface area contributed by atoms with Gasteiger partial charge in [0.05, 0.1) is 0 Å². The Bertz CT molecular complexity index is 742. The van der Waals surface area contributed by atoms with Gasteiger partial charge in [-0.15, -0.1) is 4.90 Å². The Labute approximate surface area is 174 Å². The monoisotopic (exact) mass is 551 g/mol. The fraction of sp³-hybridized carbons (Fsp3) is 0.769. The van der Waals surface area contributed by atoms with Crippen LogP contribution in [0.15, 0.2) is 12.2 Å². The van der Waals surface area contributed by atoms with Crippen LogP contribution in [0, 0.1) is 0 Å². The van der Waals surface area contributed by atoms with Gasteiger partial charge in [-0.1, -0.05) is 6.58 Å². The number of hydrogen-bond acceptors (Lipinski definition) is 3. The van der Waals surface area contributed by atoms with Crippen molar-refractivity contribution in [3.05, 3.63) is 12.2 Å². The van der Waals surface area contributed by atoms with Crippen molar-refractivity contribution in [2.75, 3.05) is 6.61 Å². The van der Waals surface area contributed by atoms with Crippen LogP contribution in [0.2, 0.25) is 0 Å². The second kappa shape index (κ2) is 8.54. The number of carbonyl (C=O) groups excluding carboxylic acids is 1. The molecule has 0 radical (unpaired) electrons. The van der Waals surface area contributed by atoms with Gasteiger partial charge in [0, 0.05) is 5.57 Å². The summed E-state index contributed by atoms with van der Waals surface area (Å²) in [6.07, 6.45) is -15.9. The zero-order chi connectivity index (χ0) is 28.1. The van der Waals surface area contributed by atoms with Crippen molar-refractivity contribution in [1.29, 1.82) is 0 Å². The minimum atomic E-state index is -8.62. The average molecular weight is 551 g/mol. The molecule has 34 heavy (non-hydrogen) atoms. The lowest BCUT2D eigenvalue weighted by molar-refractivity contribution is -0.509. The van der Waals surface area contributed by atoms with Crippen molar-refractivity contribution in [3.63, 3.8) is 0 Å². The van der Waals surface area contributed by atoms with Gasteiger partial charge in [0.2, 0.25) is 0 Å². The maximum atomic E-state index is 13.9. The van der Waals surface area contributed by atoms with Gasteiger partial charge in [0.25, 0.3) is 0 Å². The lowest BCUT2D eigenvalue weighted by Crippen LogP contribution is -2.78. The third-order valence-corrected chi connectivity index (χ3v) is 3.48. The standard InChI is InChI=1S/C13H7F18NO2/c1-4(2)5(33)34-3-6(14,15)11(26,27)32(12(28,29)7(16,17)9(20,21)22)13(30,31)8(18,19)10(23,24)25/h1,3H2,2H3. The largest absolute Gasteiger partial charge is 0.461 e. The van der Waals surface area contributed by atoms with Gasteiger partial charge < -0.3 is 4.74 Å². The van der Waals surface area contributed by atoms with Crippen LogP contribution in [0.5, 0.6) is 0 Å². The van der Waals surface area contributed by atoms with Crippen LogP contribution >= 0.6 is 0 Å². The first kappa shape index (κ1) is 31.9. The molecule has 0 aliphatic rings. The van der Waals surface area contributed by atoms with Crippen molar-refractivity contribution in [2.45, 2.75) is 55.2 Å². The molecule has 0 atom stereocenters. The quantitative estimate of drug-likeness (QED) is 0.148. The molecular weight excluding hydrogens is 544 g/mol. The molecule has 0 fully saturated rings. The van der Waals surface area contributed by atoms with Gasteiger partial charge in [-0.25, -0.2) is 4.79 Å². The molecule has 0 bridgehead atoms. The maximum Gasteiger partial charge on any atom is 0.461 e. The summed E-state index contributed by atoms with van der Waals surface area (Å²) < 4.78 is 239. The van der Waals surface area contributed by atoms with Crippen molar-refractivity contribution in [3.8, 4) is 0 Å². The summed E-state index contributed by atoms with van der Waals surface area (Å²) >= 11 is 0. The first-order valence-electron chi connectivity index (χ1n) is 7.48. The van der Waals surface area contributed by atoms with Crippen molar-refractivity contribution in [1.82, 2.24) is 4.90 Å². The van der Waals surface area contributed by atoms with Crippen LogP contribution in [0.1, 0.15) is 6.92 Å². The van der Waals surface area contributed by atoms with Gasteiger partial charge >= 0.3 is 54.2 Å². The summed E-state index contributed by atoms with van der Waals surface area (Å²) in [4.78, 5) is 6.00. The van der Waals surface area contributed by atoms with Crippen LogP contribution in [-0.2, 0) is 9.53 Å². The van der Waals surface area contributed by atoms with E-state index in [4.69, 9.17) is 0 Å². The van der Waals surface area contributed by atoms with Crippen LogP contribution in [0.4, 0.5) is 79.0 Å². The van der Waals surface area contributed by atoms with Crippen LogP contribution in [0.3, 0.4) is 0 Å². The second-order valence-electron chi connectivity index (χ2n) is 6.16. The molecule has 0 rings (SSSR count). The number of carbonyl (C=O) groups is 1. The first-order valence-corrected chi connectivity index (χ1v) is 7.48. The molecule has 0 N–H and O–H groups in total. The minimum Gasteiger partial charge on any atom is -0.456 e. The Morgan fingerprint density at radius 2 is 0.941 bits per heavy atom. The summed E-state index contributed by atoms with van der Waals surface area (Å²) in [6, 6.07) is -25.3. The Balaban J connectivity index is 7.23. The lowest BCUT2D eigenvalue weighted by atomic mass is 10.1. The minimum absolute atomic E-state index is 0.584. The number of nitrogens with zero attached hydrogens (tertiary/aromatic N) is 1. The molecule has 0 unspecified atom stereocenters. The Morgan fingerprint density at radius 3 is 1.18 bits per heavy atom. The molecule has 21 heteroatoms. The molecule has 3 nitrogen and oxygen atoms in total.